The second kappa shape index (κ2) is 7.23. The largest absolute Gasteiger partial charge is 0.324 e. The van der Waals surface area contributed by atoms with Crippen molar-refractivity contribution in [2.24, 2.45) is 0 Å². The molecular weight excluding hydrogens is 368 g/mol. The van der Waals surface area contributed by atoms with E-state index >= 15 is 0 Å². The summed E-state index contributed by atoms with van der Waals surface area (Å²) < 4.78 is 0.970. The Bertz CT molecular complexity index is 851. The van der Waals surface area contributed by atoms with Crippen molar-refractivity contribution in [3.05, 3.63) is 76.5 Å². The highest BCUT2D eigenvalue weighted by atomic mass is 79.9. The Balaban J connectivity index is 1.69. The second-order valence-electron chi connectivity index (χ2n) is 5.20. The quantitative estimate of drug-likeness (QED) is 0.694. The Morgan fingerprint density at radius 3 is 2.42 bits per heavy atom. The highest BCUT2D eigenvalue weighted by Crippen LogP contribution is 2.20. The number of halogens is 1. The maximum Gasteiger partial charge on any atom is 0.258 e. The van der Waals surface area contributed by atoms with Gasteiger partial charge >= 0.3 is 0 Å². The van der Waals surface area contributed by atoms with Gasteiger partial charge in [-0.3, -0.25) is 4.79 Å². The van der Waals surface area contributed by atoms with Gasteiger partial charge in [0.1, 0.15) is 0 Å². The summed E-state index contributed by atoms with van der Waals surface area (Å²) in [7, 11) is 0. The van der Waals surface area contributed by atoms with Gasteiger partial charge in [0.2, 0.25) is 5.95 Å². The summed E-state index contributed by atoms with van der Waals surface area (Å²) >= 11 is 3.40. The first kappa shape index (κ1) is 16.1. The van der Waals surface area contributed by atoms with Gasteiger partial charge in [-0.05, 0) is 42.8 Å². The fraction of sp³-hybridized carbons (Fsp3) is 0.0556. The van der Waals surface area contributed by atoms with Gasteiger partial charge in [0.25, 0.3) is 5.91 Å². The van der Waals surface area contributed by atoms with Crippen LogP contribution in [0.3, 0.4) is 0 Å². The van der Waals surface area contributed by atoms with E-state index in [9.17, 15) is 4.79 Å². The molecule has 1 amide bonds. The number of nitrogens with one attached hydrogen (secondary N) is 2. The summed E-state index contributed by atoms with van der Waals surface area (Å²) in [6.07, 6.45) is 3.00. The van der Waals surface area contributed by atoms with Crippen LogP contribution in [-0.4, -0.2) is 15.9 Å². The summed E-state index contributed by atoms with van der Waals surface area (Å²) in [5, 5.41) is 5.94. The zero-order valence-electron chi connectivity index (χ0n) is 13.0. The number of hydrogen-bond donors (Lipinski definition) is 2. The van der Waals surface area contributed by atoms with Crippen LogP contribution in [0.1, 0.15) is 15.9 Å². The van der Waals surface area contributed by atoms with Crippen molar-refractivity contribution in [2.45, 2.75) is 6.92 Å². The molecule has 0 fully saturated rings. The van der Waals surface area contributed by atoms with Crippen molar-refractivity contribution in [3.8, 4) is 0 Å². The predicted molar refractivity (Wildman–Crippen MR) is 98.6 cm³/mol. The van der Waals surface area contributed by atoms with Crippen molar-refractivity contribution in [1.82, 2.24) is 9.97 Å². The number of para-hydroxylation sites is 1. The molecule has 0 bridgehead atoms. The topological polar surface area (TPSA) is 66.9 Å². The molecule has 0 aliphatic carbocycles. The maximum atomic E-state index is 12.3. The third kappa shape index (κ3) is 3.97. The van der Waals surface area contributed by atoms with Crippen molar-refractivity contribution in [3.63, 3.8) is 0 Å². The Kier molecular flexibility index (Phi) is 4.86. The van der Waals surface area contributed by atoms with Crippen molar-refractivity contribution >= 4 is 39.2 Å². The highest BCUT2D eigenvalue weighted by Gasteiger charge is 2.09. The molecule has 3 aromatic rings. The first-order chi connectivity index (χ1) is 11.6. The van der Waals surface area contributed by atoms with E-state index in [-0.39, 0.29) is 5.91 Å². The van der Waals surface area contributed by atoms with E-state index in [0.717, 1.165) is 21.4 Å². The molecule has 0 radical (unpaired) electrons. The summed E-state index contributed by atoms with van der Waals surface area (Å²) in [6, 6.07) is 15.3. The van der Waals surface area contributed by atoms with Crippen LogP contribution in [0.5, 0.6) is 0 Å². The predicted octanol–water partition coefficient (Wildman–Crippen LogP) is 4.54. The third-order valence-electron chi connectivity index (χ3n) is 3.38. The molecule has 0 aliphatic heterocycles. The lowest BCUT2D eigenvalue weighted by molar-refractivity contribution is 0.102. The summed E-state index contributed by atoms with van der Waals surface area (Å²) in [5.41, 5.74) is 3.02. The number of benzene rings is 2. The van der Waals surface area contributed by atoms with E-state index in [0.29, 0.717) is 11.5 Å². The van der Waals surface area contributed by atoms with Gasteiger partial charge in [-0.1, -0.05) is 34.1 Å². The molecular formula is C18H15BrN4O. The van der Waals surface area contributed by atoms with Crippen LogP contribution in [0.4, 0.5) is 17.3 Å². The molecule has 0 saturated heterocycles. The lowest BCUT2D eigenvalue weighted by Gasteiger charge is -2.09. The summed E-state index contributed by atoms with van der Waals surface area (Å²) in [5.74, 6) is 0.198. The van der Waals surface area contributed by atoms with Crippen LogP contribution in [0.15, 0.2) is 65.4 Å². The van der Waals surface area contributed by atoms with Gasteiger partial charge in [-0.2, -0.15) is 0 Å². The lowest BCUT2D eigenvalue weighted by Crippen LogP contribution is -2.13. The molecule has 1 heterocycles. The Morgan fingerprint density at radius 2 is 1.75 bits per heavy atom. The number of aryl methyl sites for hydroxylation is 1. The fourth-order valence-electron chi connectivity index (χ4n) is 2.12. The monoisotopic (exact) mass is 382 g/mol. The van der Waals surface area contributed by atoms with E-state index < -0.39 is 0 Å². The Hall–Kier alpha value is -2.73. The SMILES string of the molecule is Cc1cc(Br)ccc1NC(=O)c1cnc(Nc2ccccc2)nc1. The minimum absolute atomic E-state index is 0.244. The molecule has 0 aliphatic rings. The average Bonchev–Trinajstić information content (AvgIpc) is 2.59. The van der Waals surface area contributed by atoms with Crippen LogP contribution >= 0.6 is 15.9 Å². The molecule has 3 rings (SSSR count). The number of carbonyl (C=O) groups is 1. The molecule has 24 heavy (non-hydrogen) atoms. The molecule has 1 aromatic heterocycles. The van der Waals surface area contributed by atoms with E-state index in [2.05, 4.69) is 36.5 Å². The molecule has 2 aromatic carbocycles. The summed E-state index contributed by atoms with van der Waals surface area (Å²) in [4.78, 5) is 20.7. The van der Waals surface area contributed by atoms with Gasteiger partial charge in [-0.15, -0.1) is 0 Å². The molecule has 0 atom stereocenters. The van der Waals surface area contributed by atoms with Gasteiger partial charge in [0, 0.05) is 28.2 Å². The first-order valence-corrected chi connectivity index (χ1v) is 8.13. The van der Waals surface area contributed by atoms with Crippen molar-refractivity contribution in [2.75, 3.05) is 10.6 Å². The number of carbonyl (C=O) groups excluding carboxylic acids is 1. The van der Waals surface area contributed by atoms with Crippen LogP contribution in [0.25, 0.3) is 0 Å². The van der Waals surface area contributed by atoms with Gasteiger partial charge < -0.3 is 10.6 Å². The molecule has 0 unspecified atom stereocenters. The van der Waals surface area contributed by atoms with Crippen LogP contribution < -0.4 is 10.6 Å². The molecule has 6 heteroatoms. The first-order valence-electron chi connectivity index (χ1n) is 7.33. The number of amides is 1. The van der Waals surface area contributed by atoms with E-state index in [1.54, 1.807) is 0 Å². The van der Waals surface area contributed by atoms with Crippen molar-refractivity contribution < 1.29 is 4.79 Å². The van der Waals surface area contributed by atoms with Gasteiger partial charge in [-0.25, -0.2) is 9.97 Å². The zero-order valence-corrected chi connectivity index (χ0v) is 14.5. The van der Waals surface area contributed by atoms with Gasteiger partial charge in [0.05, 0.1) is 5.56 Å². The average molecular weight is 383 g/mol. The molecule has 120 valence electrons. The smallest absolute Gasteiger partial charge is 0.258 e. The van der Waals surface area contributed by atoms with E-state index in [4.69, 9.17) is 0 Å². The van der Waals surface area contributed by atoms with Crippen LogP contribution in [0, 0.1) is 6.92 Å². The van der Waals surface area contributed by atoms with Crippen LogP contribution in [0.2, 0.25) is 0 Å². The number of hydrogen-bond acceptors (Lipinski definition) is 4. The number of nitrogens with zero attached hydrogens (tertiary/aromatic N) is 2. The molecule has 5 nitrogen and oxygen atoms in total. The zero-order chi connectivity index (χ0) is 16.9. The van der Waals surface area contributed by atoms with E-state index in [1.807, 2.05) is 55.5 Å². The highest BCUT2D eigenvalue weighted by molar-refractivity contribution is 9.10. The molecule has 0 saturated carbocycles. The summed E-state index contributed by atoms with van der Waals surface area (Å²) in [6.45, 7) is 1.93. The van der Waals surface area contributed by atoms with Crippen LogP contribution in [-0.2, 0) is 0 Å². The minimum atomic E-state index is -0.244. The molecule has 2 N–H and O–H groups in total. The van der Waals surface area contributed by atoms with Gasteiger partial charge in [0.15, 0.2) is 0 Å². The lowest BCUT2D eigenvalue weighted by atomic mass is 10.2. The third-order valence-corrected chi connectivity index (χ3v) is 3.87. The standard InChI is InChI=1S/C18H15BrN4O/c1-12-9-14(19)7-8-16(12)23-17(24)13-10-20-18(21-11-13)22-15-5-3-2-4-6-15/h2-11H,1H3,(H,23,24)(H,20,21,22). The van der Waals surface area contributed by atoms with Crippen molar-refractivity contribution in [1.29, 1.82) is 0 Å². The van der Waals surface area contributed by atoms with E-state index in [1.165, 1.54) is 12.4 Å². The molecule has 0 spiro atoms. The Morgan fingerprint density at radius 1 is 1.04 bits per heavy atom. The number of aromatic nitrogens is 2. The Labute approximate surface area is 148 Å². The minimum Gasteiger partial charge on any atom is -0.324 e. The maximum absolute atomic E-state index is 12.3. The second-order valence-corrected chi connectivity index (χ2v) is 6.12. The number of anilines is 3. The number of rotatable bonds is 4. The fourth-order valence-corrected chi connectivity index (χ4v) is 2.60. The normalized spacial score (nSPS) is 10.2.